The van der Waals surface area contributed by atoms with Gasteiger partial charge in [-0.3, -0.25) is 9.59 Å². The minimum Gasteiger partial charge on any atom is -0.475 e. The largest absolute Gasteiger partial charge is 0.475 e. The zero-order valence-electron chi connectivity index (χ0n) is 4.67. The molecule has 0 atom stereocenters. The van der Waals surface area contributed by atoms with Crippen molar-refractivity contribution in [1.29, 1.82) is 0 Å². The molecule has 50 valence electrons. The number of carboxylic acids is 1. The van der Waals surface area contributed by atoms with E-state index in [1.54, 1.807) is 0 Å². The lowest BCUT2D eigenvalue weighted by Gasteiger charge is -1.89. The Hall–Kier alpha value is -1.39. The second-order valence-electron chi connectivity index (χ2n) is 1.21. The maximum Gasteiger partial charge on any atom is 0.382 e. The van der Waals surface area contributed by atoms with Gasteiger partial charge in [0.25, 0.3) is 5.91 Å². The standard InChI is InChI=1S/C4H5NO4/c1-5-3(7)2(6)4(8)9/h1H3,(H,5,7)(H,8,9). The first-order valence-electron chi connectivity index (χ1n) is 2.09. The second-order valence-corrected chi connectivity index (χ2v) is 1.21. The molecule has 5 heteroatoms. The zero-order valence-corrected chi connectivity index (χ0v) is 4.67. The number of carbonyl (C=O) groups excluding carboxylic acids is 2. The molecule has 0 aliphatic heterocycles. The summed E-state index contributed by atoms with van der Waals surface area (Å²) in [6, 6.07) is 0. The van der Waals surface area contributed by atoms with Crippen LogP contribution in [0.2, 0.25) is 0 Å². The zero-order chi connectivity index (χ0) is 7.44. The number of hydrogen-bond donors (Lipinski definition) is 2. The third-order valence-corrected chi connectivity index (χ3v) is 0.628. The molecule has 9 heavy (non-hydrogen) atoms. The molecule has 0 saturated heterocycles. The SMILES string of the molecule is CNC(=O)C(=O)C(=O)O. The molecule has 0 heterocycles. The van der Waals surface area contributed by atoms with Crippen LogP contribution in [0.5, 0.6) is 0 Å². The van der Waals surface area contributed by atoms with Crippen LogP contribution in [0, 0.1) is 0 Å². The average molecular weight is 131 g/mol. The lowest BCUT2D eigenvalue weighted by molar-refractivity contribution is -0.153. The normalized spacial score (nSPS) is 8.11. The van der Waals surface area contributed by atoms with E-state index >= 15 is 0 Å². The van der Waals surface area contributed by atoms with E-state index in [0.717, 1.165) is 0 Å². The number of carboxylic acid groups (broad SMARTS) is 1. The Morgan fingerprint density at radius 3 is 1.89 bits per heavy atom. The lowest BCUT2D eigenvalue weighted by Crippen LogP contribution is -2.32. The Morgan fingerprint density at radius 2 is 1.78 bits per heavy atom. The summed E-state index contributed by atoms with van der Waals surface area (Å²) in [6.45, 7) is 0. The van der Waals surface area contributed by atoms with Crippen LogP contribution in [0.1, 0.15) is 0 Å². The van der Waals surface area contributed by atoms with Gasteiger partial charge in [0.05, 0.1) is 0 Å². The van der Waals surface area contributed by atoms with Crippen LogP contribution >= 0.6 is 0 Å². The summed E-state index contributed by atoms with van der Waals surface area (Å²) in [5.41, 5.74) is 0. The molecule has 1 amide bonds. The van der Waals surface area contributed by atoms with Gasteiger partial charge in [0.2, 0.25) is 0 Å². The van der Waals surface area contributed by atoms with Crippen LogP contribution in [-0.4, -0.2) is 29.8 Å². The Morgan fingerprint density at radius 1 is 1.33 bits per heavy atom. The number of nitrogens with one attached hydrogen (secondary N) is 1. The van der Waals surface area contributed by atoms with Crippen molar-refractivity contribution in [3.63, 3.8) is 0 Å². The first kappa shape index (κ1) is 7.61. The van der Waals surface area contributed by atoms with Gasteiger partial charge in [-0.25, -0.2) is 4.79 Å². The smallest absolute Gasteiger partial charge is 0.382 e. The molecule has 0 bridgehead atoms. The van der Waals surface area contributed by atoms with E-state index in [1.807, 2.05) is 5.32 Å². The number of ketones is 1. The molecule has 0 aromatic rings. The number of rotatable bonds is 2. The van der Waals surface area contributed by atoms with Crippen molar-refractivity contribution in [2.45, 2.75) is 0 Å². The van der Waals surface area contributed by atoms with Crippen LogP contribution in [0.3, 0.4) is 0 Å². The van der Waals surface area contributed by atoms with Crippen LogP contribution < -0.4 is 5.32 Å². The molecule has 2 N–H and O–H groups in total. The molecule has 5 nitrogen and oxygen atoms in total. The van der Waals surface area contributed by atoms with Crippen molar-refractivity contribution in [2.24, 2.45) is 0 Å². The molecule has 0 aliphatic carbocycles. The molecule has 0 aromatic heterocycles. The highest BCUT2D eigenvalue weighted by Crippen LogP contribution is 1.69. The fourth-order valence-corrected chi connectivity index (χ4v) is 0.211. The maximum absolute atomic E-state index is 10.1. The predicted octanol–water partition coefficient (Wildman–Crippen LogP) is -1.61. The molecular formula is C4H5NO4. The van der Waals surface area contributed by atoms with E-state index in [1.165, 1.54) is 7.05 Å². The molecular weight excluding hydrogens is 126 g/mol. The lowest BCUT2D eigenvalue weighted by atomic mass is 10.4. The van der Waals surface area contributed by atoms with Gasteiger partial charge in [0, 0.05) is 7.05 Å². The fourth-order valence-electron chi connectivity index (χ4n) is 0.211. The minimum absolute atomic E-state index is 1.11. The number of aliphatic carboxylic acids is 1. The summed E-state index contributed by atoms with van der Waals surface area (Å²) in [4.78, 5) is 29.9. The minimum atomic E-state index is -1.74. The van der Waals surface area contributed by atoms with Gasteiger partial charge >= 0.3 is 11.8 Å². The van der Waals surface area contributed by atoms with E-state index in [4.69, 9.17) is 5.11 Å². The van der Waals surface area contributed by atoms with Gasteiger partial charge < -0.3 is 10.4 Å². The molecule has 0 rings (SSSR count). The number of Topliss-reactive ketones (excluding diaryl/α,β-unsaturated/α-hetero) is 1. The second kappa shape index (κ2) is 2.81. The van der Waals surface area contributed by atoms with E-state index in [-0.39, 0.29) is 0 Å². The van der Waals surface area contributed by atoms with Crippen LogP contribution in [-0.2, 0) is 14.4 Å². The molecule has 0 unspecified atom stereocenters. The van der Waals surface area contributed by atoms with Gasteiger partial charge in [-0.15, -0.1) is 0 Å². The molecule has 0 aromatic carbocycles. The van der Waals surface area contributed by atoms with Gasteiger partial charge in [0.15, 0.2) is 0 Å². The number of amides is 1. The average Bonchev–Trinajstić information content (AvgIpc) is 1.84. The highest BCUT2D eigenvalue weighted by atomic mass is 16.4. The Balaban J connectivity index is 4.05. The number of likely N-dealkylation sites (N-methyl/N-ethyl adjacent to an activating group) is 1. The van der Waals surface area contributed by atoms with Crippen molar-refractivity contribution < 1.29 is 19.5 Å². The third kappa shape index (κ3) is 1.89. The van der Waals surface area contributed by atoms with Crippen molar-refractivity contribution in [3.8, 4) is 0 Å². The summed E-state index contributed by atoms with van der Waals surface area (Å²) in [7, 11) is 1.18. The molecule has 0 saturated carbocycles. The van der Waals surface area contributed by atoms with Gasteiger partial charge in [0.1, 0.15) is 0 Å². The van der Waals surface area contributed by atoms with E-state index < -0.39 is 17.7 Å². The number of hydrogen-bond acceptors (Lipinski definition) is 3. The Labute approximate surface area is 50.7 Å². The van der Waals surface area contributed by atoms with Gasteiger partial charge in [-0.05, 0) is 0 Å². The van der Waals surface area contributed by atoms with Crippen LogP contribution in [0.25, 0.3) is 0 Å². The third-order valence-electron chi connectivity index (χ3n) is 0.628. The molecule has 0 aliphatic rings. The summed E-state index contributed by atoms with van der Waals surface area (Å²) >= 11 is 0. The van der Waals surface area contributed by atoms with Gasteiger partial charge in [-0.2, -0.15) is 0 Å². The maximum atomic E-state index is 10.1. The molecule has 0 fully saturated rings. The highest BCUT2D eigenvalue weighted by Gasteiger charge is 2.19. The van der Waals surface area contributed by atoms with Crippen molar-refractivity contribution in [1.82, 2.24) is 5.32 Å². The first-order chi connectivity index (χ1) is 4.09. The van der Waals surface area contributed by atoms with Crippen molar-refractivity contribution in [2.75, 3.05) is 7.05 Å². The number of carbonyl (C=O) groups is 3. The summed E-state index contributed by atoms with van der Waals surface area (Å²) in [6.07, 6.45) is 0. The van der Waals surface area contributed by atoms with Crippen LogP contribution in [0.15, 0.2) is 0 Å². The summed E-state index contributed by atoms with van der Waals surface area (Å²) in [5.74, 6) is -4.30. The van der Waals surface area contributed by atoms with E-state index in [0.29, 0.717) is 0 Å². The topological polar surface area (TPSA) is 83.5 Å². The van der Waals surface area contributed by atoms with E-state index in [2.05, 4.69) is 0 Å². The quantitative estimate of drug-likeness (QED) is 0.348. The molecule has 0 radical (unpaired) electrons. The Kier molecular flexibility index (Phi) is 2.37. The molecule has 0 spiro atoms. The first-order valence-corrected chi connectivity index (χ1v) is 2.09. The van der Waals surface area contributed by atoms with Crippen LogP contribution in [0.4, 0.5) is 0 Å². The summed E-state index contributed by atoms with van der Waals surface area (Å²) in [5, 5.41) is 9.75. The van der Waals surface area contributed by atoms with Crippen molar-refractivity contribution in [3.05, 3.63) is 0 Å². The van der Waals surface area contributed by atoms with Crippen molar-refractivity contribution >= 4 is 17.7 Å². The Bertz CT molecular complexity index is 162. The summed E-state index contributed by atoms with van der Waals surface area (Å²) < 4.78 is 0. The highest BCUT2D eigenvalue weighted by molar-refractivity contribution is 6.61. The fraction of sp³-hybridized carbons (Fsp3) is 0.250. The monoisotopic (exact) mass is 131 g/mol. The van der Waals surface area contributed by atoms with E-state index in [9.17, 15) is 14.4 Å². The van der Waals surface area contributed by atoms with Gasteiger partial charge in [-0.1, -0.05) is 0 Å². The predicted molar refractivity (Wildman–Crippen MR) is 26.7 cm³/mol.